The van der Waals surface area contributed by atoms with E-state index in [1.54, 1.807) is 18.2 Å². The van der Waals surface area contributed by atoms with Gasteiger partial charge in [0.05, 0.1) is 5.56 Å². The third kappa shape index (κ3) is 3.60. The van der Waals surface area contributed by atoms with Crippen LogP contribution >= 0.6 is 11.8 Å². The summed E-state index contributed by atoms with van der Waals surface area (Å²) in [7, 11) is 0. The minimum atomic E-state index is -4.45. The molecule has 3 rings (SSSR count). The molecule has 4 nitrogen and oxygen atoms in total. The molecule has 8 heteroatoms. The van der Waals surface area contributed by atoms with Gasteiger partial charge in [0.15, 0.2) is 11.5 Å². The van der Waals surface area contributed by atoms with Gasteiger partial charge in [0, 0.05) is 16.0 Å². The van der Waals surface area contributed by atoms with Crippen LogP contribution in [0.1, 0.15) is 16.1 Å². The highest BCUT2D eigenvalue weighted by molar-refractivity contribution is 7.98. The Labute approximate surface area is 150 Å². The van der Waals surface area contributed by atoms with E-state index in [0.29, 0.717) is 5.56 Å². The fourth-order valence-electron chi connectivity index (χ4n) is 2.35. The highest BCUT2D eigenvalue weighted by Crippen LogP contribution is 2.34. The molecule has 2 aromatic carbocycles. The van der Waals surface area contributed by atoms with Gasteiger partial charge >= 0.3 is 12.1 Å². The van der Waals surface area contributed by atoms with E-state index < -0.39 is 17.7 Å². The highest BCUT2D eigenvalue weighted by atomic mass is 32.2. The summed E-state index contributed by atoms with van der Waals surface area (Å²) in [5.41, 5.74) is -0.315. The van der Waals surface area contributed by atoms with Gasteiger partial charge in [-0.3, -0.25) is 0 Å². The Bertz CT molecular complexity index is 949. The number of alkyl halides is 3. The Kier molecular flexibility index (Phi) is 4.78. The fourth-order valence-corrected chi connectivity index (χ4v) is 2.81. The van der Waals surface area contributed by atoms with Gasteiger partial charge < -0.3 is 9.52 Å². The van der Waals surface area contributed by atoms with E-state index in [0.717, 1.165) is 17.0 Å². The number of carboxylic acids is 1. The molecule has 134 valence electrons. The molecule has 0 spiro atoms. The number of carbonyl (C=O) groups is 1. The van der Waals surface area contributed by atoms with E-state index in [1.165, 1.54) is 23.9 Å². The molecule has 1 heterocycles. The number of benzene rings is 2. The van der Waals surface area contributed by atoms with Crippen molar-refractivity contribution < 1.29 is 27.5 Å². The quantitative estimate of drug-likeness (QED) is 0.611. The predicted octanol–water partition coefficient (Wildman–Crippen LogP) is 5.45. The fraction of sp³-hybridized carbons (Fsp3) is 0.111. The first-order chi connectivity index (χ1) is 12.3. The summed E-state index contributed by atoms with van der Waals surface area (Å²) in [5, 5.41) is 9.39. The summed E-state index contributed by atoms with van der Waals surface area (Å²) in [5.74, 6) is -1.28. The Hall–Kier alpha value is -2.74. The lowest BCUT2D eigenvalue weighted by Crippen LogP contribution is -2.04. The lowest BCUT2D eigenvalue weighted by Gasteiger charge is -2.06. The van der Waals surface area contributed by atoms with E-state index >= 15 is 0 Å². The molecule has 26 heavy (non-hydrogen) atoms. The number of carboxylic acid groups (broad SMARTS) is 1. The first-order valence-corrected chi connectivity index (χ1v) is 8.58. The van der Waals surface area contributed by atoms with Crippen LogP contribution in [0.25, 0.3) is 22.8 Å². The van der Waals surface area contributed by atoms with Crippen LogP contribution in [0.4, 0.5) is 13.2 Å². The molecular formula is C18H12F3NO3S. The molecule has 0 amide bonds. The number of halogens is 3. The average Bonchev–Trinajstić information content (AvgIpc) is 3.07. The molecule has 0 fully saturated rings. The highest BCUT2D eigenvalue weighted by Gasteiger charge is 2.30. The Balaban J connectivity index is 2.06. The smallest absolute Gasteiger partial charge is 0.416 e. The van der Waals surface area contributed by atoms with Gasteiger partial charge in [-0.1, -0.05) is 12.1 Å². The number of aromatic carboxylic acids is 1. The van der Waals surface area contributed by atoms with Gasteiger partial charge in [-0.05, 0) is 42.7 Å². The van der Waals surface area contributed by atoms with Gasteiger partial charge in [-0.25, -0.2) is 9.78 Å². The Morgan fingerprint density at radius 1 is 1.12 bits per heavy atom. The topological polar surface area (TPSA) is 63.3 Å². The molecule has 0 aliphatic carbocycles. The second-order valence-corrected chi connectivity index (χ2v) is 6.19. The molecule has 1 N–H and O–H groups in total. The first-order valence-electron chi connectivity index (χ1n) is 7.36. The monoisotopic (exact) mass is 379 g/mol. The zero-order valence-electron chi connectivity index (χ0n) is 13.4. The van der Waals surface area contributed by atoms with E-state index in [4.69, 9.17) is 4.42 Å². The molecule has 0 radical (unpaired) electrons. The van der Waals surface area contributed by atoms with Crippen molar-refractivity contribution in [2.45, 2.75) is 11.1 Å². The normalized spacial score (nSPS) is 11.5. The maximum absolute atomic E-state index is 12.7. The molecule has 0 aliphatic rings. The van der Waals surface area contributed by atoms with Gasteiger partial charge in [0.2, 0.25) is 5.89 Å². The largest absolute Gasteiger partial charge is 0.476 e. The molecule has 1 aromatic heterocycles. The van der Waals surface area contributed by atoms with Gasteiger partial charge in [-0.2, -0.15) is 13.2 Å². The SMILES string of the molecule is CSc1cccc(-c2oc(-c3ccc(C(F)(F)F)cc3)nc2C(=O)O)c1. The van der Waals surface area contributed by atoms with Crippen molar-refractivity contribution in [1.29, 1.82) is 0 Å². The van der Waals surface area contributed by atoms with Gasteiger partial charge in [0.1, 0.15) is 0 Å². The summed E-state index contributed by atoms with van der Waals surface area (Å²) >= 11 is 1.48. The standard InChI is InChI=1S/C18H12F3NO3S/c1-26-13-4-2-3-11(9-13)15-14(17(23)24)22-16(25-15)10-5-7-12(8-6-10)18(19,20)21/h2-9H,1H3,(H,23,24). The summed E-state index contributed by atoms with van der Waals surface area (Å²) in [6.07, 6.45) is -2.57. The lowest BCUT2D eigenvalue weighted by molar-refractivity contribution is -0.137. The second kappa shape index (κ2) is 6.87. The maximum atomic E-state index is 12.7. The van der Waals surface area contributed by atoms with Crippen LogP contribution in [0, 0.1) is 0 Å². The number of oxazole rings is 1. The van der Waals surface area contributed by atoms with E-state index in [-0.39, 0.29) is 22.9 Å². The van der Waals surface area contributed by atoms with Crippen molar-refractivity contribution in [3.8, 4) is 22.8 Å². The van der Waals surface area contributed by atoms with Crippen LogP contribution in [-0.2, 0) is 6.18 Å². The van der Waals surface area contributed by atoms with Crippen LogP contribution in [0.15, 0.2) is 57.8 Å². The Morgan fingerprint density at radius 3 is 2.38 bits per heavy atom. The maximum Gasteiger partial charge on any atom is 0.416 e. The second-order valence-electron chi connectivity index (χ2n) is 5.31. The third-order valence-corrected chi connectivity index (χ3v) is 4.35. The van der Waals surface area contributed by atoms with Crippen LogP contribution < -0.4 is 0 Å². The number of rotatable bonds is 4. The molecular weight excluding hydrogens is 367 g/mol. The summed E-state index contributed by atoms with van der Waals surface area (Å²) in [6.45, 7) is 0. The van der Waals surface area contributed by atoms with Crippen molar-refractivity contribution >= 4 is 17.7 Å². The first kappa shape index (κ1) is 18.1. The summed E-state index contributed by atoms with van der Waals surface area (Å²) in [6, 6.07) is 11.2. The average molecular weight is 379 g/mol. The summed E-state index contributed by atoms with van der Waals surface area (Å²) in [4.78, 5) is 16.4. The van der Waals surface area contributed by atoms with Crippen molar-refractivity contribution in [1.82, 2.24) is 4.98 Å². The number of thioether (sulfide) groups is 1. The zero-order chi connectivity index (χ0) is 18.9. The molecule has 0 atom stereocenters. The number of hydrogen-bond acceptors (Lipinski definition) is 4. The zero-order valence-corrected chi connectivity index (χ0v) is 14.2. The van der Waals surface area contributed by atoms with Crippen molar-refractivity contribution in [3.05, 3.63) is 59.8 Å². The van der Waals surface area contributed by atoms with E-state index in [9.17, 15) is 23.1 Å². The minimum absolute atomic E-state index is 0.0549. The number of aromatic nitrogens is 1. The molecule has 3 aromatic rings. The van der Waals surface area contributed by atoms with Crippen LogP contribution in [0.2, 0.25) is 0 Å². The van der Waals surface area contributed by atoms with E-state index in [2.05, 4.69) is 4.98 Å². The summed E-state index contributed by atoms with van der Waals surface area (Å²) < 4.78 is 43.6. The lowest BCUT2D eigenvalue weighted by atomic mass is 10.1. The van der Waals surface area contributed by atoms with Gasteiger partial charge in [-0.15, -0.1) is 11.8 Å². The van der Waals surface area contributed by atoms with Crippen molar-refractivity contribution in [2.24, 2.45) is 0 Å². The number of hydrogen-bond donors (Lipinski definition) is 1. The van der Waals surface area contributed by atoms with Crippen molar-refractivity contribution in [2.75, 3.05) is 6.26 Å². The van der Waals surface area contributed by atoms with Crippen LogP contribution in [-0.4, -0.2) is 22.3 Å². The van der Waals surface area contributed by atoms with Crippen LogP contribution in [0.5, 0.6) is 0 Å². The van der Waals surface area contributed by atoms with Crippen molar-refractivity contribution in [3.63, 3.8) is 0 Å². The molecule has 0 aliphatic heterocycles. The molecule has 0 unspecified atom stereocenters. The number of nitrogens with zero attached hydrogens (tertiary/aromatic N) is 1. The Morgan fingerprint density at radius 2 is 1.81 bits per heavy atom. The predicted molar refractivity (Wildman–Crippen MR) is 91.1 cm³/mol. The van der Waals surface area contributed by atoms with Crippen LogP contribution in [0.3, 0.4) is 0 Å². The third-order valence-electron chi connectivity index (χ3n) is 3.62. The molecule has 0 saturated carbocycles. The minimum Gasteiger partial charge on any atom is -0.476 e. The van der Waals surface area contributed by atoms with E-state index in [1.807, 2.05) is 12.3 Å². The molecule has 0 bridgehead atoms. The molecule has 0 saturated heterocycles. The van der Waals surface area contributed by atoms with Gasteiger partial charge in [0.25, 0.3) is 0 Å².